The van der Waals surface area contributed by atoms with Gasteiger partial charge in [0, 0.05) is 36.3 Å². The zero-order valence-corrected chi connectivity index (χ0v) is 32.6. The molecule has 3 heterocycles. The van der Waals surface area contributed by atoms with Crippen molar-refractivity contribution in [1.29, 1.82) is 0 Å². The van der Waals surface area contributed by atoms with Gasteiger partial charge in [-0.25, -0.2) is 9.59 Å². The molecule has 0 radical (unpaired) electrons. The summed E-state index contributed by atoms with van der Waals surface area (Å²) < 4.78 is 39.7. The topological polar surface area (TPSA) is 288 Å². The monoisotopic (exact) mass is 854 g/mol. The molecule has 0 saturated carbocycles. The number of hydrogen-bond acceptors (Lipinski definition) is 13. The number of esters is 1. The van der Waals surface area contributed by atoms with Gasteiger partial charge in [0.2, 0.25) is 5.91 Å². The number of carbonyl (C=O) groups excluding carboxylic acids is 5. The van der Waals surface area contributed by atoms with Crippen LogP contribution in [0.2, 0.25) is 0 Å². The number of anilines is 1. The van der Waals surface area contributed by atoms with Crippen LogP contribution in [0.4, 0.5) is 9.80 Å². The fraction of sp³-hybridized carbons (Fsp3) is 0.303. The molecule has 0 bridgehead atoms. The molecule has 56 heavy (non-hydrogen) atoms. The maximum absolute atomic E-state index is 14.0. The molecule has 1 fully saturated rings. The number of ether oxygens (including phenoxy) is 3. The Balaban J connectivity index is 1.25. The molecule has 23 heteroatoms. The van der Waals surface area contributed by atoms with Crippen molar-refractivity contribution in [2.24, 2.45) is 0 Å². The molecule has 0 spiro atoms. The zero-order chi connectivity index (χ0) is 40.9. The molecular formula is C33H36N4O15P2S2. The molecule has 4 amide bonds. The van der Waals surface area contributed by atoms with E-state index in [-0.39, 0.29) is 36.0 Å². The van der Waals surface area contributed by atoms with E-state index in [1.54, 1.807) is 48.5 Å². The number of thiophene rings is 1. The van der Waals surface area contributed by atoms with E-state index in [0.29, 0.717) is 21.6 Å². The number of hydrogen-bond donors (Lipinski definition) is 8. The summed E-state index contributed by atoms with van der Waals surface area (Å²) >= 11 is 2.11. The van der Waals surface area contributed by atoms with Crippen LogP contribution in [0.5, 0.6) is 0 Å². The molecular weight excluding hydrogens is 818 g/mol. The molecule has 0 aliphatic carbocycles. The lowest BCUT2D eigenvalue weighted by atomic mass is 9.97. The minimum Gasteiger partial charge on any atom is -0.463 e. The summed E-state index contributed by atoms with van der Waals surface area (Å²) in [5.74, 6) is -2.21. The lowest BCUT2D eigenvalue weighted by Crippen LogP contribution is -2.80. The van der Waals surface area contributed by atoms with Crippen molar-refractivity contribution in [3.8, 4) is 0 Å². The van der Waals surface area contributed by atoms with Gasteiger partial charge in [-0.3, -0.25) is 33.7 Å². The summed E-state index contributed by atoms with van der Waals surface area (Å²) in [7, 11) is -10.2. The number of aliphatic hydroxyl groups is 1. The number of rotatable bonds is 17. The third-order valence-corrected chi connectivity index (χ3v) is 14.9. The fourth-order valence-electron chi connectivity index (χ4n) is 5.83. The number of nitrogens with one attached hydrogen (secondary N) is 3. The Hall–Kier alpha value is -4.40. The van der Waals surface area contributed by atoms with Crippen LogP contribution in [0.1, 0.15) is 28.5 Å². The van der Waals surface area contributed by atoms with Gasteiger partial charge in [0.05, 0.1) is 11.4 Å². The highest BCUT2D eigenvalue weighted by molar-refractivity contribution is 8.00. The normalized spacial score (nSPS) is 18.4. The van der Waals surface area contributed by atoms with Crippen molar-refractivity contribution in [2.75, 3.05) is 31.3 Å². The molecule has 8 N–H and O–H groups in total. The van der Waals surface area contributed by atoms with Crippen LogP contribution in [0.15, 0.2) is 84.1 Å². The Morgan fingerprint density at radius 2 is 1.61 bits per heavy atom. The first kappa shape index (κ1) is 42.7. The summed E-state index contributed by atoms with van der Waals surface area (Å²) in [4.78, 5) is 103. The lowest BCUT2D eigenvalue weighted by Gasteiger charge is -2.56. The fourth-order valence-corrected chi connectivity index (χ4v) is 10.3. The summed E-state index contributed by atoms with van der Waals surface area (Å²) in [6.45, 7) is -0.825. The number of fused-ring (bicyclic) bond motifs is 1. The predicted molar refractivity (Wildman–Crippen MR) is 200 cm³/mol. The molecule has 2 aliphatic rings. The molecule has 300 valence electrons. The van der Waals surface area contributed by atoms with Crippen LogP contribution in [-0.2, 0) is 48.9 Å². The first-order chi connectivity index (χ1) is 26.5. The SMILES string of the molecule is CO[C@@]1(NC(=O)Cc2ccc(NC(=O)NCCC(O)(P(=O)(O)O)P(=O)(O)O)s2)C(=O)N2C(C(=O)OC(c3ccccc3)c3ccccc3)=C(COC=O)CS[C@H]21. The van der Waals surface area contributed by atoms with E-state index in [0.717, 1.165) is 28.0 Å². The minimum absolute atomic E-state index is 0.106. The smallest absolute Gasteiger partial charge is 0.369 e. The van der Waals surface area contributed by atoms with Crippen LogP contribution >= 0.6 is 38.3 Å². The average Bonchev–Trinajstić information content (AvgIpc) is 3.59. The number of β-lactam (4-membered cyclic amide) rings is 1. The quantitative estimate of drug-likeness (QED) is 0.0317. The van der Waals surface area contributed by atoms with E-state index in [2.05, 4.69) is 16.0 Å². The number of carbonyl (C=O) groups is 5. The second-order valence-corrected chi connectivity index (χ2v) is 18.5. The number of methoxy groups -OCH3 is 1. The highest BCUT2D eigenvalue weighted by atomic mass is 32.2. The van der Waals surface area contributed by atoms with Gasteiger partial charge in [0.1, 0.15) is 17.7 Å². The largest absolute Gasteiger partial charge is 0.463 e. The van der Waals surface area contributed by atoms with Crippen LogP contribution in [0.3, 0.4) is 0 Å². The van der Waals surface area contributed by atoms with Gasteiger partial charge in [-0.05, 0) is 23.3 Å². The number of urea groups is 1. The lowest BCUT2D eigenvalue weighted by molar-refractivity contribution is -0.193. The second-order valence-electron chi connectivity index (χ2n) is 12.2. The number of benzene rings is 2. The number of thioether (sulfide) groups is 1. The van der Waals surface area contributed by atoms with E-state index in [1.807, 2.05) is 12.1 Å². The van der Waals surface area contributed by atoms with E-state index in [9.17, 15) is 57.8 Å². The van der Waals surface area contributed by atoms with Crippen LogP contribution in [0, 0.1) is 0 Å². The molecule has 19 nitrogen and oxygen atoms in total. The maximum atomic E-state index is 14.0. The number of nitrogens with zero attached hydrogens (tertiary/aromatic N) is 1. The van der Waals surface area contributed by atoms with Crippen molar-refractivity contribution in [1.82, 2.24) is 15.5 Å². The molecule has 3 aromatic rings. The van der Waals surface area contributed by atoms with Crippen molar-refractivity contribution in [2.45, 2.75) is 35.1 Å². The van der Waals surface area contributed by atoms with Gasteiger partial charge in [0.15, 0.2) is 6.10 Å². The summed E-state index contributed by atoms with van der Waals surface area (Å²) in [6, 6.07) is 19.9. The van der Waals surface area contributed by atoms with E-state index >= 15 is 0 Å². The minimum atomic E-state index is -5.70. The molecule has 1 aromatic heterocycles. The van der Waals surface area contributed by atoms with Gasteiger partial charge in [0.25, 0.3) is 23.2 Å². The Morgan fingerprint density at radius 3 is 2.16 bits per heavy atom. The van der Waals surface area contributed by atoms with Gasteiger partial charge < -0.3 is 49.5 Å². The first-order valence-corrected chi connectivity index (χ1v) is 21.4. The van der Waals surface area contributed by atoms with Gasteiger partial charge in [-0.2, -0.15) is 0 Å². The average molecular weight is 855 g/mol. The van der Waals surface area contributed by atoms with Crippen molar-refractivity contribution >= 4 is 73.6 Å². The van der Waals surface area contributed by atoms with E-state index < -0.39 is 74.3 Å². The molecule has 2 aliphatic heterocycles. The third kappa shape index (κ3) is 8.92. The first-order valence-electron chi connectivity index (χ1n) is 16.3. The molecule has 0 unspecified atom stereocenters. The molecule has 2 aromatic carbocycles. The zero-order valence-electron chi connectivity index (χ0n) is 29.2. The highest BCUT2D eigenvalue weighted by Gasteiger charge is 2.67. The standard InChI is InChI=1S/C33H36N4O15P2S2/c1-50-33(36-24(39)16-23-12-13-25(56-23)35-31(42)34-15-14-32(43,53(44,45)46)54(47,48)49)29(41)37-26(22(17-51-19-38)18-55-30(33)37)28(40)52-27(20-8-4-2-5-9-20)21-10-6-3-7-11-21/h2-13,19,27,30,43H,14-18H2,1H3,(H,36,39)(H2,34,35,42)(H2,44,45,46)(H2,47,48,49)/t30-,33-/m0/s1. The van der Waals surface area contributed by atoms with Gasteiger partial charge in [-0.1, -0.05) is 60.7 Å². The molecule has 5 rings (SSSR count). The van der Waals surface area contributed by atoms with Crippen LogP contribution in [0.25, 0.3) is 0 Å². The van der Waals surface area contributed by atoms with Crippen molar-refractivity contribution in [3.05, 3.63) is 100 Å². The summed E-state index contributed by atoms with van der Waals surface area (Å²) in [5.41, 5.74) is -0.428. The Bertz CT molecular complexity index is 2030. The molecule has 1 saturated heterocycles. The predicted octanol–water partition coefficient (Wildman–Crippen LogP) is 1.94. The van der Waals surface area contributed by atoms with Crippen molar-refractivity contribution < 1.29 is 72.0 Å². The van der Waals surface area contributed by atoms with Gasteiger partial charge >= 0.3 is 27.2 Å². The summed E-state index contributed by atoms with van der Waals surface area (Å²) in [6.07, 6.45) is -2.32. The van der Waals surface area contributed by atoms with Crippen LogP contribution in [-0.4, -0.2) is 102 Å². The van der Waals surface area contributed by atoms with Gasteiger partial charge in [-0.15, -0.1) is 23.1 Å². The third-order valence-electron chi connectivity index (χ3n) is 8.62. The van der Waals surface area contributed by atoms with E-state index in [4.69, 9.17) is 14.2 Å². The molecule has 2 atom stereocenters. The van der Waals surface area contributed by atoms with Crippen molar-refractivity contribution in [3.63, 3.8) is 0 Å². The summed E-state index contributed by atoms with van der Waals surface area (Å²) in [5, 5.41) is 12.7. The Labute approximate surface area is 326 Å². The van der Waals surface area contributed by atoms with E-state index in [1.165, 1.54) is 19.2 Å². The maximum Gasteiger partial charge on any atom is 0.369 e. The van der Waals surface area contributed by atoms with Crippen LogP contribution < -0.4 is 16.0 Å². The second kappa shape index (κ2) is 17.4. The number of amides is 4. The Morgan fingerprint density at radius 1 is 1.00 bits per heavy atom. The Kier molecular flexibility index (Phi) is 13.3. The highest BCUT2D eigenvalue weighted by Crippen LogP contribution is 2.68.